The first-order chi connectivity index (χ1) is 19.0. The lowest BCUT2D eigenvalue weighted by Gasteiger charge is -2.15. The van der Waals surface area contributed by atoms with Crippen LogP contribution in [0.2, 0.25) is 0 Å². The molecule has 1 heterocycles. The first kappa shape index (κ1) is 25.4. The highest BCUT2D eigenvalue weighted by Gasteiger charge is 2.19. The first-order valence-corrected chi connectivity index (χ1v) is 12.5. The molecule has 0 atom stereocenters. The van der Waals surface area contributed by atoms with Crippen LogP contribution in [-0.2, 0) is 4.74 Å². The van der Waals surface area contributed by atoms with Crippen molar-refractivity contribution in [1.29, 1.82) is 0 Å². The number of ether oxygens (including phenoxy) is 1. The minimum atomic E-state index is -0.405. The average molecular weight is 516 g/mol. The van der Waals surface area contributed by atoms with E-state index < -0.39 is 10.9 Å². The monoisotopic (exact) mass is 515 g/mol. The number of carbonyl (C=O) groups excluding carboxylic acids is 1. The molecule has 5 rings (SSSR count). The zero-order valence-electron chi connectivity index (χ0n) is 21.2. The highest BCUT2D eigenvalue weighted by molar-refractivity contribution is 5.95. The lowest BCUT2D eigenvalue weighted by atomic mass is 10.1. The topological polar surface area (TPSA) is 86.7 Å². The smallest absolute Gasteiger partial charge is 0.338 e. The zero-order valence-corrected chi connectivity index (χ0v) is 21.2. The van der Waals surface area contributed by atoms with Gasteiger partial charge in [0.15, 0.2) is 0 Å². The third kappa shape index (κ3) is 5.52. The molecule has 4 aromatic carbocycles. The second-order valence-corrected chi connectivity index (χ2v) is 8.70. The molecule has 0 unspecified atom stereocenters. The van der Waals surface area contributed by atoms with E-state index in [1.807, 2.05) is 66.7 Å². The maximum atomic E-state index is 12.2. The van der Waals surface area contributed by atoms with Gasteiger partial charge in [-0.25, -0.2) is 4.79 Å². The van der Waals surface area contributed by atoms with Crippen LogP contribution in [0, 0.1) is 10.1 Å². The van der Waals surface area contributed by atoms with Gasteiger partial charge < -0.3 is 9.30 Å². The third-order valence-corrected chi connectivity index (χ3v) is 6.18. The lowest BCUT2D eigenvalue weighted by Crippen LogP contribution is -2.03. The summed E-state index contributed by atoms with van der Waals surface area (Å²) in [6, 6.07) is 35.4. The number of benzene rings is 4. The Balaban J connectivity index is 1.70. The highest BCUT2D eigenvalue weighted by atomic mass is 16.6. The van der Waals surface area contributed by atoms with Gasteiger partial charge in [0.25, 0.3) is 5.69 Å². The molecule has 0 spiro atoms. The van der Waals surface area contributed by atoms with Crippen molar-refractivity contribution in [3.05, 3.63) is 137 Å². The number of carbonyl (C=O) groups is 1. The zero-order chi connectivity index (χ0) is 27.2. The number of esters is 1. The van der Waals surface area contributed by atoms with Gasteiger partial charge in [-0.1, -0.05) is 66.7 Å². The molecule has 192 valence electrons. The van der Waals surface area contributed by atoms with E-state index in [1.165, 1.54) is 12.1 Å². The fourth-order valence-electron chi connectivity index (χ4n) is 4.40. The summed E-state index contributed by atoms with van der Waals surface area (Å²) in [5.41, 5.74) is 6.43. The Hall–Kier alpha value is -5.30. The van der Waals surface area contributed by atoms with Gasteiger partial charge in [0, 0.05) is 29.6 Å². The molecule has 0 N–H and O–H groups in total. The molecule has 0 saturated carbocycles. The van der Waals surface area contributed by atoms with Gasteiger partial charge in [-0.05, 0) is 54.4 Å². The molecular formula is C32H25N3O4. The number of hydrogen-bond acceptors (Lipinski definition) is 5. The number of rotatable bonds is 8. The van der Waals surface area contributed by atoms with Crippen molar-refractivity contribution in [2.75, 3.05) is 6.61 Å². The van der Waals surface area contributed by atoms with E-state index >= 15 is 0 Å². The molecule has 39 heavy (non-hydrogen) atoms. The summed E-state index contributed by atoms with van der Waals surface area (Å²) in [6.07, 6.45) is 1.78. The van der Waals surface area contributed by atoms with Crippen LogP contribution in [0.3, 0.4) is 0 Å². The molecule has 7 nitrogen and oxygen atoms in total. The number of nitro groups is 1. The van der Waals surface area contributed by atoms with Gasteiger partial charge in [0.2, 0.25) is 0 Å². The van der Waals surface area contributed by atoms with Crippen molar-refractivity contribution in [3.8, 4) is 28.2 Å². The van der Waals surface area contributed by atoms with Crippen LogP contribution in [0.1, 0.15) is 22.8 Å². The maximum absolute atomic E-state index is 12.2. The Morgan fingerprint density at radius 2 is 1.54 bits per heavy atom. The molecule has 0 bridgehead atoms. The molecule has 0 fully saturated rings. The highest BCUT2D eigenvalue weighted by Crippen LogP contribution is 2.36. The van der Waals surface area contributed by atoms with E-state index in [-0.39, 0.29) is 5.69 Å². The Morgan fingerprint density at radius 1 is 0.872 bits per heavy atom. The molecular weight excluding hydrogens is 490 g/mol. The van der Waals surface area contributed by atoms with E-state index in [1.54, 1.807) is 43.5 Å². The van der Waals surface area contributed by atoms with E-state index in [4.69, 9.17) is 9.73 Å². The summed E-state index contributed by atoms with van der Waals surface area (Å²) in [6.45, 7) is 2.07. The van der Waals surface area contributed by atoms with Crippen LogP contribution in [-0.4, -0.2) is 28.3 Å². The Labute approximate surface area is 225 Å². The molecule has 1 aromatic heterocycles. The van der Waals surface area contributed by atoms with Gasteiger partial charge in [-0.3, -0.25) is 15.1 Å². The molecule has 0 aliphatic heterocycles. The summed E-state index contributed by atoms with van der Waals surface area (Å²) in [5, 5.41) is 11.3. The Kier molecular flexibility index (Phi) is 7.41. The largest absolute Gasteiger partial charge is 0.462 e. The van der Waals surface area contributed by atoms with Crippen molar-refractivity contribution < 1.29 is 14.5 Å². The molecule has 7 heteroatoms. The van der Waals surface area contributed by atoms with Crippen molar-refractivity contribution in [3.63, 3.8) is 0 Å². The summed E-state index contributed by atoms with van der Waals surface area (Å²) >= 11 is 0. The van der Waals surface area contributed by atoms with Gasteiger partial charge >= 0.3 is 5.97 Å². The van der Waals surface area contributed by atoms with E-state index in [9.17, 15) is 14.9 Å². The number of aromatic nitrogens is 1. The summed E-state index contributed by atoms with van der Waals surface area (Å²) in [4.78, 5) is 27.8. The minimum Gasteiger partial charge on any atom is -0.462 e. The maximum Gasteiger partial charge on any atom is 0.338 e. The van der Waals surface area contributed by atoms with E-state index in [0.717, 1.165) is 33.8 Å². The second kappa shape index (κ2) is 11.4. The standard InChI is InChI=1S/C32H25N3O4/c1-2-39-32(36)25-14-9-15-27(20-25)33-22-26-21-30(23-10-5-3-6-11-23)34(31(26)24-12-7-4-8-13-24)28-16-18-29(19-17-28)35(37)38/h3-22H,2H2,1H3. The van der Waals surface area contributed by atoms with Gasteiger partial charge in [-0.15, -0.1) is 0 Å². The summed E-state index contributed by atoms with van der Waals surface area (Å²) in [7, 11) is 0. The van der Waals surface area contributed by atoms with Crippen molar-refractivity contribution in [2.24, 2.45) is 4.99 Å². The van der Waals surface area contributed by atoms with E-state index in [0.29, 0.717) is 17.9 Å². The number of aliphatic imine (C=N–C) groups is 1. The first-order valence-electron chi connectivity index (χ1n) is 12.5. The molecule has 0 aliphatic carbocycles. The van der Waals surface area contributed by atoms with Crippen LogP contribution in [0.5, 0.6) is 0 Å². The summed E-state index contributed by atoms with van der Waals surface area (Å²) in [5.74, 6) is -0.393. The number of nitro benzene ring substituents is 1. The number of non-ortho nitro benzene ring substituents is 1. The van der Waals surface area contributed by atoms with Crippen molar-refractivity contribution in [2.45, 2.75) is 6.92 Å². The van der Waals surface area contributed by atoms with Crippen LogP contribution in [0.25, 0.3) is 28.2 Å². The molecule has 5 aromatic rings. The molecule has 0 aliphatic rings. The molecule has 0 amide bonds. The van der Waals surface area contributed by atoms with Crippen LogP contribution >= 0.6 is 0 Å². The fraction of sp³-hybridized carbons (Fsp3) is 0.0625. The second-order valence-electron chi connectivity index (χ2n) is 8.70. The van der Waals surface area contributed by atoms with Crippen LogP contribution < -0.4 is 0 Å². The minimum absolute atomic E-state index is 0.0247. The van der Waals surface area contributed by atoms with Gasteiger partial charge in [-0.2, -0.15) is 0 Å². The number of hydrogen-bond donors (Lipinski definition) is 0. The average Bonchev–Trinajstić information content (AvgIpc) is 3.37. The SMILES string of the molecule is CCOC(=O)c1cccc(N=Cc2cc(-c3ccccc3)n(-c3ccc([N+](=O)[O-])cc3)c2-c2ccccc2)c1. The Morgan fingerprint density at radius 3 is 2.18 bits per heavy atom. The van der Waals surface area contributed by atoms with Crippen LogP contribution in [0.4, 0.5) is 11.4 Å². The molecule has 0 saturated heterocycles. The predicted octanol–water partition coefficient (Wildman–Crippen LogP) is 7.65. The normalized spacial score (nSPS) is 11.0. The van der Waals surface area contributed by atoms with Crippen LogP contribution in [0.15, 0.2) is 120 Å². The van der Waals surface area contributed by atoms with Gasteiger partial charge in [0.05, 0.1) is 34.2 Å². The van der Waals surface area contributed by atoms with Crippen molar-refractivity contribution in [1.82, 2.24) is 4.57 Å². The predicted molar refractivity (Wildman–Crippen MR) is 153 cm³/mol. The quantitative estimate of drug-likeness (QED) is 0.0919. The molecule has 0 radical (unpaired) electrons. The number of nitrogens with zero attached hydrogens (tertiary/aromatic N) is 3. The lowest BCUT2D eigenvalue weighted by molar-refractivity contribution is -0.384. The van der Waals surface area contributed by atoms with E-state index in [2.05, 4.69) is 10.6 Å². The summed E-state index contributed by atoms with van der Waals surface area (Å²) < 4.78 is 7.21. The van der Waals surface area contributed by atoms with Crippen molar-refractivity contribution >= 4 is 23.6 Å². The Bertz CT molecular complexity index is 1640. The van der Waals surface area contributed by atoms with Gasteiger partial charge in [0.1, 0.15) is 0 Å². The fourth-order valence-corrected chi connectivity index (χ4v) is 4.40. The third-order valence-electron chi connectivity index (χ3n) is 6.18.